The minimum atomic E-state index is -0.0109. The third-order valence-electron chi connectivity index (χ3n) is 6.42. The van der Waals surface area contributed by atoms with E-state index >= 15 is 0 Å². The quantitative estimate of drug-likeness (QED) is 0.768. The number of aromatic nitrogens is 3. The average Bonchev–Trinajstić information content (AvgIpc) is 3.21. The predicted molar refractivity (Wildman–Crippen MR) is 114 cm³/mol. The van der Waals surface area contributed by atoms with Gasteiger partial charge in [0.2, 0.25) is 5.91 Å². The smallest absolute Gasteiger partial charge is 0.274 e. The second-order valence-corrected chi connectivity index (χ2v) is 9.28. The van der Waals surface area contributed by atoms with Crippen molar-refractivity contribution in [3.8, 4) is 0 Å². The molecule has 1 saturated heterocycles. The van der Waals surface area contributed by atoms with E-state index in [1.807, 2.05) is 36.1 Å². The van der Waals surface area contributed by atoms with Gasteiger partial charge in [-0.15, -0.1) is 0 Å². The fraction of sp³-hybridized carbons (Fsp3) is 0.565. The van der Waals surface area contributed by atoms with Crippen LogP contribution in [0.15, 0.2) is 24.3 Å². The molecule has 2 aromatic rings. The lowest BCUT2D eigenvalue weighted by Gasteiger charge is -2.32. The van der Waals surface area contributed by atoms with Crippen LogP contribution in [0.2, 0.25) is 0 Å². The fourth-order valence-corrected chi connectivity index (χ4v) is 4.60. The molecule has 0 aromatic carbocycles. The molecule has 1 spiro atoms. The number of pyridine rings is 1. The molecule has 160 valence electrons. The van der Waals surface area contributed by atoms with Crippen LogP contribution in [-0.2, 0) is 17.8 Å². The second-order valence-electron chi connectivity index (χ2n) is 9.28. The number of piperidine rings is 1. The molecule has 2 N–H and O–H groups in total. The summed E-state index contributed by atoms with van der Waals surface area (Å²) in [4.78, 5) is 31.7. The van der Waals surface area contributed by atoms with Crippen LogP contribution >= 0.6 is 0 Å². The van der Waals surface area contributed by atoms with Crippen molar-refractivity contribution in [1.29, 1.82) is 0 Å². The van der Waals surface area contributed by atoms with Crippen LogP contribution in [0, 0.1) is 24.2 Å². The maximum atomic E-state index is 12.8. The van der Waals surface area contributed by atoms with Gasteiger partial charge in [0.25, 0.3) is 5.91 Å². The highest BCUT2D eigenvalue weighted by Crippen LogP contribution is 2.59. The maximum Gasteiger partial charge on any atom is 0.274 e. The molecule has 7 heteroatoms. The van der Waals surface area contributed by atoms with Crippen LogP contribution in [0.4, 0.5) is 0 Å². The van der Waals surface area contributed by atoms with Crippen molar-refractivity contribution >= 4 is 11.8 Å². The van der Waals surface area contributed by atoms with Crippen LogP contribution in [-0.4, -0.2) is 45.0 Å². The van der Waals surface area contributed by atoms with Crippen molar-refractivity contribution in [3.05, 3.63) is 47.0 Å². The monoisotopic (exact) mass is 409 g/mol. The summed E-state index contributed by atoms with van der Waals surface area (Å²) in [6.45, 7) is 8.08. The highest BCUT2D eigenvalue weighted by Gasteiger charge is 2.58. The van der Waals surface area contributed by atoms with Crippen molar-refractivity contribution in [1.82, 2.24) is 25.4 Å². The number of aryl methyl sites for hydroxylation is 1. The van der Waals surface area contributed by atoms with Gasteiger partial charge in [-0.1, -0.05) is 19.9 Å². The van der Waals surface area contributed by atoms with E-state index in [1.54, 1.807) is 0 Å². The van der Waals surface area contributed by atoms with Crippen LogP contribution in [0.25, 0.3) is 0 Å². The summed E-state index contributed by atoms with van der Waals surface area (Å²) >= 11 is 0. The summed E-state index contributed by atoms with van der Waals surface area (Å²) in [7, 11) is 0. The Hall–Kier alpha value is -2.70. The second kappa shape index (κ2) is 8.20. The lowest BCUT2D eigenvalue weighted by Crippen LogP contribution is -2.40. The molecular weight excluding hydrogens is 378 g/mol. The summed E-state index contributed by atoms with van der Waals surface area (Å²) in [5, 5.41) is 10.2. The lowest BCUT2D eigenvalue weighted by atomic mass is 9.90. The van der Waals surface area contributed by atoms with E-state index in [0.29, 0.717) is 31.2 Å². The first kappa shape index (κ1) is 20.6. The van der Waals surface area contributed by atoms with E-state index in [2.05, 4.69) is 34.3 Å². The molecule has 4 rings (SSSR count). The Balaban J connectivity index is 1.27. The standard InChI is InChI=1S/C23H31N5O2/c1-15(2)11-18-12-20(27-26-18)22(30)28-9-7-23(8-10-28)13-19(23)21(29)24-14-17-6-4-5-16(3)25-17/h4-6,12,15,19H,7-11,13-14H2,1-3H3,(H,24,29)(H,26,27)/t19-/m0/s1. The Kier molecular flexibility index (Phi) is 5.62. The fourth-order valence-electron chi connectivity index (χ4n) is 4.60. The zero-order chi connectivity index (χ0) is 21.3. The molecule has 2 amide bonds. The van der Waals surface area contributed by atoms with Gasteiger partial charge in [-0.3, -0.25) is 19.7 Å². The van der Waals surface area contributed by atoms with E-state index in [0.717, 1.165) is 42.8 Å². The summed E-state index contributed by atoms with van der Waals surface area (Å²) < 4.78 is 0. The summed E-state index contributed by atoms with van der Waals surface area (Å²) in [5.74, 6) is 0.678. The SMILES string of the molecule is Cc1cccc(CNC(=O)[C@@H]2CC23CCN(C(=O)c2cc(CC(C)C)[nH]n2)CC3)n1. The Bertz CT molecular complexity index is 927. The molecule has 2 aliphatic rings. The first-order chi connectivity index (χ1) is 14.4. The normalized spacial score (nSPS) is 19.9. The summed E-state index contributed by atoms with van der Waals surface area (Å²) in [6.07, 6.45) is 3.56. The molecule has 1 aliphatic carbocycles. The molecule has 30 heavy (non-hydrogen) atoms. The van der Waals surface area contributed by atoms with Crippen LogP contribution in [0.3, 0.4) is 0 Å². The number of H-pyrrole nitrogens is 1. The van der Waals surface area contributed by atoms with Crippen molar-refractivity contribution in [3.63, 3.8) is 0 Å². The number of hydrogen-bond donors (Lipinski definition) is 2. The van der Waals surface area contributed by atoms with Gasteiger partial charge in [0, 0.05) is 30.4 Å². The Morgan fingerprint density at radius 2 is 2.07 bits per heavy atom. The number of rotatable bonds is 6. The Labute approximate surface area is 177 Å². The third kappa shape index (κ3) is 4.40. The van der Waals surface area contributed by atoms with Crippen molar-refractivity contribution in [2.75, 3.05) is 13.1 Å². The van der Waals surface area contributed by atoms with E-state index < -0.39 is 0 Å². The number of carbonyl (C=O) groups is 2. The van der Waals surface area contributed by atoms with Gasteiger partial charge >= 0.3 is 0 Å². The van der Waals surface area contributed by atoms with Gasteiger partial charge in [-0.25, -0.2) is 0 Å². The summed E-state index contributed by atoms with van der Waals surface area (Å²) in [5.41, 5.74) is 3.40. The number of carbonyl (C=O) groups excluding carboxylic acids is 2. The van der Waals surface area contributed by atoms with Crippen LogP contribution in [0.5, 0.6) is 0 Å². The number of nitrogens with zero attached hydrogens (tertiary/aromatic N) is 3. The average molecular weight is 410 g/mol. The van der Waals surface area contributed by atoms with Crippen LogP contribution < -0.4 is 5.32 Å². The molecule has 2 aromatic heterocycles. The number of amides is 2. The van der Waals surface area contributed by atoms with Gasteiger partial charge in [-0.2, -0.15) is 5.10 Å². The largest absolute Gasteiger partial charge is 0.350 e. The highest BCUT2D eigenvalue weighted by molar-refractivity contribution is 5.92. The maximum absolute atomic E-state index is 12.8. The topological polar surface area (TPSA) is 91.0 Å². The molecular formula is C23H31N5O2. The van der Waals surface area contributed by atoms with Crippen LogP contribution in [0.1, 0.15) is 60.7 Å². The summed E-state index contributed by atoms with van der Waals surface area (Å²) in [6, 6.07) is 7.71. The van der Waals surface area contributed by atoms with Crippen molar-refractivity contribution < 1.29 is 9.59 Å². The third-order valence-corrected chi connectivity index (χ3v) is 6.42. The first-order valence-electron chi connectivity index (χ1n) is 10.9. The van der Waals surface area contributed by atoms with E-state index in [-0.39, 0.29) is 23.1 Å². The Morgan fingerprint density at radius 3 is 2.77 bits per heavy atom. The van der Waals surface area contributed by atoms with Gasteiger partial charge in [0.15, 0.2) is 0 Å². The van der Waals surface area contributed by atoms with E-state index in [1.165, 1.54) is 0 Å². The molecule has 1 atom stereocenters. The highest BCUT2D eigenvalue weighted by atomic mass is 16.2. The first-order valence-corrected chi connectivity index (χ1v) is 10.9. The molecule has 0 bridgehead atoms. The van der Waals surface area contributed by atoms with E-state index in [4.69, 9.17) is 0 Å². The van der Waals surface area contributed by atoms with E-state index in [9.17, 15) is 9.59 Å². The minimum absolute atomic E-state index is 0.0109. The molecule has 2 fully saturated rings. The van der Waals surface area contributed by atoms with Crippen molar-refractivity contribution in [2.24, 2.45) is 17.3 Å². The number of hydrogen-bond acceptors (Lipinski definition) is 4. The van der Waals surface area contributed by atoms with Gasteiger partial charge < -0.3 is 10.2 Å². The molecule has 7 nitrogen and oxygen atoms in total. The molecule has 1 saturated carbocycles. The molecule has 0 unspecified atom stereocenters. The minimum Gasteiger partial charge on any atom is -0.350 e. The molecule has 0 radical (unpaired) electrons. The number of likely N-dealkylation sites (tertiary alicyclic amines) is 1. The van der Waals surface area contributed by atoms with Gasteiger partial charge in [-0.05, 0) is 62.1 Å². The van der Waals surface area contributed by atoms with Crippen molar-refractivity contribution in [2.45, 2.75) is 53.0 Å². The number of nitrogens with one attached hydrogen (secondary N) is 2. The zero-order valence-electron chi connectivity index (χ0n) is 18.1. The zero-order valence-corrected chi connectivity index (χ0v) is 18.1. The lowest BCUT2D eigenvalue weighted by molar-refractivity contribution is -0.123. The Morgan fingerprint density at radius 1 is 1.30 bits per heavy atom. The molecule has 1 aliphatic heterocycles. The predicted octanol–water partition coefficient (Wildman–Crippen LogP) is 2.87. The molecule has 3 heterocycles. The van der Waals surface area contributed by atoms with Gasteiger partial charge in [0.05, 0.1) is 12.2 Å². The number of aromatic amines is 1. The van der Waals surface area contributed by atoms with Gasteiger partial charge in [0.1, 0.15) is 5.69 Å².